The average molecular weight is 188 g/mol. The Labute approximate surface area is 75.2 Å². The monoisotopic (exact) mass is 188 g/mol. The predicted molar refractivity (Wildman–Crippen MR) is 49.6 cm³/mol. The SMILES string of the molecule is CC.Cc1c(N)nsc1C(=O)O. The van der Waals surface area contributed by atoms with Crippen LogP contribution in [0.25, 0.3) is 0 Å². The molecule has 0 atom stereocenters. The number of hydrogen-bond donors (Lipinski definition) is 2. The van der Waals surface area contributed by atoms with Crippen molar-refractivity contribution in [2.75, 3.05) is 5.73 Å². The summed E-state index contributed by atoms with van der Waals surface area (Å²) in [4.78, 5) is 10.6. The Balaban J connectivity index is 0.000000561. The first kappa shape index (κ1) is 10.9. The first-order valence-corrected chi connectivity index (χ1v) is 4.35. The summed E-state index contributed by atoms with van der Waals surface area (Å²) in [6, 6.07) is 0. The minimum atomic E-state index is -0.966. The fraction of sp³-hybridized carbons (Fsp3) is 0.429. The molecule has 0 spiro atoms. The van der Waals surface area contributed by atoms with Crippen molar-refractivity contribution in [3.63, 3.8) is 0 Å². The lowest BCUT2D eigenvalue weighted by atomic mass is 10.3. The van der Waals surface area contributed by atoms with Gasteiger partial charge in [-0.15, -0.1) is 0 Å². The molecule has 0 aliphatic carbocycles. The van der Waals surface area contributed by atoms with E-state index in [-0.39, 0.29) is 4.88 Å². The van der Waals surface area contributed by atoms with Crippen LogP contribution < -0.4 is 5.73 Å². The lowest BCUT2D eigenvalue weighted by Crippen LogP contribution is -1.95. The number of carboxylic acid groups (broad SMARTS) is 1. The summed E-state index contributed by atoms with van der Waals surface area (Å²) in [7, 11) is 0. The minimum absolute atomic E-state index is 0.220. The van der Waals surface area contributed by atoms with Crippen molar-refractivity contribution in [3.05, 3.63) is 10.4 Å². The van der Waals surface area contributed by atoms with Gasteiger partial charge in [-0.05, 0) is 18.5 Å². The molecule has 68 valence electrons. The molecule has 1 heterocycles. The van der Waals surface area contributed by atoms with Crippen molar-refractivity contribution in [1.82, 2.24) is 4.37 Å². The highest BCUT2D eigenvalue weighted by atomic mass is 32.1. The van der Waals surface area contributed by atoms with Gasteiger partial charge >= 0.3 is 5.97 Å². The lowest BCUT2D eigenvalue weighted by molar-refractivity contribution is 0.0701. The van der Waals surface area contributed by atoms with E-state index in [2.05, 4.69) is 4.37 Å². The van der Waals surface area contributed by atoms with E-state index >= 15 is 0 Å². The van der Waals surface area contributed by atoms with Crippen LogP contribution in [-0.2, 0) is 0 Å². The molecule has 0 aliphatic heterocycles. The molecule has 0 fully saturated rings. The van der Waals surface area contributed by atoms with Crippen LogP contribution in [0.15, 0.2) is 0 Å². The molecule has 1 rings (SSSR count). The summed E-state index contributed by atoms with van der Waals surface area (Å²) < 4.78 is 3.68. The van der Waals surface area contributed by atoms with E-state index in [4.69, 9.17) is 10.8 Å². The van der Waals surface area contributed by atoms with Crippen molar-refractivity contribution in [2.45, 2.75) is 20.8 Å². The summed E-state index contributed by atoms with van der Waals surface area (Å²) in [6.07, 6.45) is 0. The number of nitrogens with zero attached hydrogens (tertiary/aromatic N) is 1. The molecule has 0 saturated heterocycles. The van der Waals surface area contributed by atoms with Crippen LogP contribution in [0.2, 0.25) is 0 Å². The Kier molecular flexibility index (Phi) is 4.28. The van der Waals surface area contributed by atoms with E-state index in [1.807, 2.05) is 13.8 Å². The number of hydrogen-bond acceptors (Lipinski definition) is 4. The zero-order chi connectivity index (χ0) is 9.72. The predicted octanol–water partition coefficient (Wildman–Crippen LogP) is 1.76. The maximum absolute atomic E-state index is 10.3. The Morgan fingerprint density at radius 1 is 1.58 bits per heavy atom. The molecular formula is C7H12N2O2S. The molecule has 1 aromatic heterocycles. The summed E-state index contributed by atoms with van der Waals surface area (Å²) in [5, 5.41) is 8.49. The molecule has 5 heteroatoms. The smallest absolute Gasteiger partial charge is 0.347 e. The van der Waals surface area contributed by atoms with Crippen LogP contribution in [0, 0.1) is 6.92 Å². The van der Waals surface area contributed by atoms with Crippen LogP contribution in [0.3, 0.4) is 0 Å². The van der Waals surface area contributed by atoms with Gasteiger partial charge in [-0.3, -0.25) is 0 Å². The molecule has 0 amide bonds. The van der Waals surface area contributed by atoms with Gasteiger partial charge in [0.15, 0.2) is 0 Å². The van der Waals surface area contributed by atoms with E-state index in [0.29, 0.717) is 11.4 Å². The molecule has 0 unspecified atom stereocenters. The van der Waals surface area contributed by atoms with Gasteiger partial charge in [0.25, 0.3) is 0 Å². The van der Waals surface area contributed by atoms with Crippen molar-refractivity contribution in [2.24, 2.45) is 0 Å². The highest BCUT2D eigenvalue weighted by Crippen LogP contribution is 2.18. The zero-order valence-electron chi connectivity index (χ0n) is 7.29. The molecular weight excluding hydrogens is 176 g/mol. The largest absolute Gasteiger partial charge is 0.477 e. The molecule has 0 saturated carbocycles. The lowest BCUT2D eigenvalue weighted by Gasteiger charge is -1.87. The van der Waals surface area contributed by atoms with Crippen molar-refractivity contribution in [3.8, 4) is 0 Å². The molecule has 0 radical (unpaired) electrons. The van der Waals surface area contributed by atoms with Crippen molar-refractivity contribution >= 4 is 23.3 Å². The fourth-order valence-electron chi connectivity index (χ4n) is 0.548. The summed E-state index contributed by atoms with van der Waals surface area (Å²) in [6.45, 7) is 5.64. The zero-order valence-corrected chi connectivity index (χ0v) is 8.10. The first-order valence-electron chi connectivity index (χ1n) is 3.58. The van der Waals surface area contributed by atoms with Crippen molar-refractivity contribution < 1.29 is 9.90 Å². The Morgan fingerprint density at radius 2 is 2.08 bits per heavy atom. The fourth-order valence-corrected chi connectivity index (χ4v) is 1.19. The maximum atomic E-state index is 10.3. The Morgan fingerprint density at radius 3 is 2.25 bits per heavy atom. The van der Waals surface area contributed by atoms with E-state index in [9.17, 15) is 4.79 Å². The maximum Gasteiger partial charge on any atom is 0.347 e. The minimum Gasteiger partial charge on any atom is -0.477 e. The molecule has 0 aliphatic rings. The Hall–Kier alpha value is -1.10. The van der Waals surface area contributed by atoms with Gasteiger partial charge in [-0.2, -0.15) is 4.37 Å². The standard InChI is InChI=1S/C5H6N2O2S.C2H6/c1-2-3(5(8)9)10-7-4(2)6;1-2/h1H3,(H2,6,7)(H,8,9);1-2H3. The van der Waals surface area contributed by atoms with E-state index in [1.165, 1.54) is 0 Å². The van der Waals surface area contributed by atoms with Gasteiger partial charge in [0.1, 0.15) is 10.7 Å². The summed E-state index contributed by atoms with van der Waals surface area (Å²) in [5.41, 5.74) is 5.87. The third kappa shape index (κ3) is 2.20. The van der Waals surface area contributed by atoms with E-state index in [0.717, 1.165) is 11.5 Å². The molecule has 12 heavy (non-hydrogen) atoms. The molecule has 0 bridgehead atoms. The quantitative estimate of drug-likeness (QED) is 0.704. The van der Waals surface area contributed by atoms with Gasteiger partial charge in [0, 0.05) is 5.56 Å². The van der Waals surface area contributed by atoms with Gasteiger partial charge in [-0.25, -0.2) is 4.79 Å². The Bertz CT molecular complexity index is 270. The number of nitrogens with two attached hydrogens (primary N) is 1. The van der Waals surface area contributed by atoms with Gasteiger partial charge in [-0.1, -0.05) is 13.8 Å². The van der Waals surface area contributed by atoms with E-state index < -0.39 is 5.97 Å². The van der Waals surface area contributed by atoms with Gasteiger partial charge in [0.2, 0.25) is 0 Å². The molecule has 4 nitrogen and oxygen atoms in total. The average Bonchev–Trinajstić information content (AvgIpc) is 2.37. The molecule has 0 aromatic carbocycles. The molecule has 1 aromatic rings. The first-order chi connectivity index (χ1) is 5.63. The number of aromatic carboxylic acids is 1. The third-order valence-electron chi connectivity index (χ3n) is 1.15. The number of aromatic nitrogens is 1. The topological polar surface area (TPSA) is 76.2 Å². The number of anilines is 1. The number of rotatable bonds is 1. The van der Waals surface area contributed by atoms with Gasteiger partial charge in [0.05, 0.1) is 0 Å². The van der Waals surface area contributed by atoms with Crippen molar-refractivity contribution in [1.29, 1.82) is 0 Å². The second-order valence-corrected chi connectivity index (χ2v) is 2.60. The highest BCUT2D eigenvalue weighted by Gasteiger charge is 2.12. The van der Waals surface area contributed by atoms with E-state index in [1.54, 1.807) is 6.92 Å². The van der Waals surface area contributed by atoms with Gasteiger partial charge < -0.3 is 10.8 Å². The normalized spacial score (nSPS) is 8.58. The molecule has 3 N–H and O–H groups in total. The van der Waals surface area contributed by atoms with Crippen LogP contribution in [0.5, 0.6) is 0 Å². The number of carbonyl (C=O) groups is 1. The number of carboxylic acids is 1. The van der Waals surface area contributed by atoms with Crippen LogP contribution in [0.4, 0.5) is 5.82 Å². The van der Waals surface area contributed by atoms with Crippen LogP contribution in [-0.4, -0.2) is 15.4 Å². The second-order valence-electron chi connectivity index (χ2n) is 1.83. The summed E-state index contributed by atoms with van der Waals surface area (Å²) >= 11 is 0.910. The third-order valence-corrected chi connectivity index (χ3v) is 2.11. The number of nitrogen functional groups attached to an aromatic ring is 1. The van der Waals surface area contributed by atoms with Crippen LogP contribution in [0.1, 0.15) is 29.1 Å². The second kappa shape index (κ2) is 4.71. The summed E-state index contributed by atoms with van der Waals surface area (Å²) in [5.74, 6) is -0.658. The highest BCUT2D eigenvalue weighted by molar-refractivity contribution is 7.08. The van der Waals surface area contributed by atoms with Crippen LogP contribution >= 0.6 is 11.5 Å².